The normalized spacial score (nSPS) is 10.4. The molecule has 134 valence electrons. The maximum Gasteiger partial charge on any atom is 0.413 e. The van der Waals surface area contributed by atoms with E-state index >= 15 is 0 Å². The smallest absolute Gasteiger partial charge is 0.413 e. The van der Waals surface area contributed by atoms with Gasteiger partial charge in [-0.3, -0.25) is 5.32 Å². The van der Waals surface area contributed by atoms with Gasteiger partial charge in [-0.2, -0.15) is 4.98 Å². The van der Waals surface area contributed by atoms with Crippen LogP contribution >= 0.6 is 11.6 Å². The van der Waals surface area contributed by atoms with E-state index in [1.807, 2.05) is 30.3 Å². The van der Waals surface area contributed by atoms with Crippen molar-refractivity contribution in [2.24, 2.45) is 0 Å². The molecular formula is C18H16ClN3O4. The van der Waals surface area contributed by atoms with Gasteiger partial charge in [0.1, 0.15) is 12.4 Å². The molecule has 26 heavy (non-hydrogen) atoms. The fourth-order valence-corrected chi connectivity index (χ4v) is 2.55. The maximum absolute atomic E-state index is 12.1. The minimum Gasteiger partial charge on any atom is -0.493 e. The summed E-state index contributed by atoms with van der Waals surface area (Å²) >= 11 is 5.96. The molecule has 1 amide bonds. The van der Waals surface area contributed by atoms with Gasteiger partial charge in [0.15, 0.2) is 11.5 Å². The van der Waals surface area contributed by atoms with E-state index in [9.17, 15) is 4.79 Å². The van der Waals surface area contributed by atoms with E-state index < -0.39 is 6.09 Å². The summed E-state index contributed by atoms with van der Waals surface area (Å²) in [4.78, 5) is 20.3. The highest BCUT2D eigenvalue weighted by Crippen LogP contribution is 2.34. The Labute approximate surface area is 154 Å². The second-order valence-electron chi connectivity index (χ2n) is 5.25. The summed E-state index contributed by atoms with van der Waals surface area (Å²) < 4.78 is 15.7. The molecule has 0 spiro atoms. The highest BCUT2D eigenvalue weighted by molar-refractivity contribution is 6.29. The predicted molar refractivity (Wildman–Crippen MR) is 97.9 cm³/mol. The van der Waals surface area contributed by atoms with Gasteiger partial charge >= 0.3 is 6.09 Å². The Morgan fingerprint density at radius 3 is 2.46 bits per heavy atom. The van der Waals surface area contributed by atoms with Crippen LogP contribution in [-0.2, 0) is 11.3 Å². The number of halogens is 1. The van der Waals surface area contributed by atoms with Crippen LogP contribution in [0.4, 0.5) is 10.6 Å². The molecule has 0 fully saturated rings. The van der Waals surface area contributed by atoms with Crippen molar-refractivity contribution in [3.8, 4) is 11.5 Å². The summed E-state index contributed by atoms with van der Waals surface area (Å²) in [5.41, 5.74) is 1.38. The highest BCUT2D eigenvalue weighted by atomic mass is 35.5. The third kappa shape index (κ3) is 3.94. The predicted octanol–water partition coefficient (Wildman–Crippen LogP) is 4.05. The number of methoxy groups -OCH3 is 2. The van der Waals surface area contributed by atoms with Crippen LogP contribution in [0.5, 0.6) is 11.5 Å². The Balaban J connectivity index is 1.85. The zero-order valence-electron chi connectivity index (χ0n) is 14.2. The standard InChI is InChI=1S/C18H16ClN3O4/c1-24-14-8-12-13(9-15(14)25-2)20-17(19)21-16(12)22-18(23)26-10-11-6-4-3-5-7-11/h3-9H,10H2,1-2H3,(H,20,21,22,23). The Bertz CT molecular complexity index is 935. The number of carbonyl (C=O) groups excluding carboxylic acids is 1. The molecule has 0 saturated heterocycles. The molecule has 0 radical (unpaired) electrons. The number of hydrogen-bond donors (Lipinski definition) is 1. The van der Waals surface area contributed by atoms with Crippen molar-refractivity contribution in [1.82, 2.24) is 9.97 Å². The number of ether oxygens (including phenoxy) is 3. The fourth-order valence-electron chi connectivity index (χ4n) is 2.38. The number of carbonyl (C=O) groups is 1. The van der Waals surface area contributed by atoms with Crippen molar-refractivity contribution in [2.45, 2.75) is 6.61 Å². The lowest BCUT2D eigenvalue weighted by molar-refractivity contribution is 0.155. The number of benzene rings is 2. The number of nitrogens with zero attached hydrogens (tertiary/aromatic N) is 2. The molecule has 1 N–H and O–H groups in total. The lowest BCUT2D eigenvalue weighted by atomic mass is 10.2. The number of aromatic nitrogens is 2. The van der Waals surface area contributed by atoms with Crippen LogP contribution in [0.1, 0.15) is 5.56 Å². The van der Waals surface area contributed by atoms with Crippen LogP contribution in [0.25, 0.3) is 10.9 Å². The van der Waals surface area contributed by atoms with Gasteiger partial charge in [-0.25, -0.2) is 9.78 Å². The number of anilines is 1. The monoisotopic (exact) mass is 373 g/mol. The first-order valence-corrected chi connectivity index (χ1v) is 8.05. The van der Waals surface area contributed by atoms with Crippen LogP contribution < -0.4 is 14.8 Å². The number of rotatable bonds is 5. The van der Waals surface area contributed by atoms with Gasteiger partial charge in [0, 0.05) is 11.5 Å². The van der Waals surface area contributed by atoms with E-state index in [0.29, 0.717) is 22.4 Å². The average molecular weight is 374 g/mol. The van der Waals surface area contributed by atoms with Crippen LogP contribution in [-0.4, -0.2) is 30.3 Å². The lowest BCUT2D eigenvalue weighted by Crippen LogP contribution is -2.15. The van der Waals surface area contributed by atoms with E-state index in [1.54, 1.807) is 12.1 Å². The van der Waals surface area contributed by atoms with Gasteiger partial charge in [-0.1, -0.05) is 30.3 Å². The second-order valence-corrected chi connectivity index (χ2v) is 5.59. The summed E-state index contributed by atoms with van der Waals surface area (Å²) in [5.74, 6) is 1.19. The largest absolute Gasteiger partial charge is 0.493 e. The SMILES string of the molecule is COc1cc2nc(Cl)nc(NC(=O)OCc3ccccc3)c2cc1OC. The molecule has 0 bridgehead atoms. The molecule has 1 heterocycles. The molecule has 0 aliphatic heterocycles. The van der Waals surface area contributed by atoms with Gasteiger partial charge in [-0.05, 0) is 23.2 Å². The topological polar surface area (TPSA) is 82.6 Å². The Hall–Kier alpha value is -3.06. The quantitative estimate of drug-likeness (QED) is 0.679. The molecule has 1 aromatic heterocycles. The van der Waals surface area contributed by atoms with Crippen molar-refractivity contribution >= 4 is 34.4 Å². The van der Waals surface area contributed by atoms with Gasteiger partial charge in [0.2, 0.25) is 5.28 Å². The van der Waals surface area contributed by atoms with Crippen molar-refractivity contribution in [3.63, 3.8) is 0 Å². The molecular weight excluding hydrogens is 358 g/mol. The van der Waals surface area contributed by atoms with Gasteiger partial charge in [0.05, 0.1) is 19.7 Å². The Morgan fingerprint density at radius 2 is 1.77 bits per heavy atom. The van der Waals surface area contributed by atoms with E-state index in [4.69, 9.17) is 25.8 Å². The van der Waals surface area contributed by atoms with Crippen molar-refractivity contribution in [3.05, 3.63) is 53.3 Å². The molecule has 2 aromatic carbocycles. The average Bonchev–Trinajstić information content (AvgIpc) is 2.66. The van der Waals surface area contributed by atoms with E-state index in [-0.39, 0.29) is 17.7 Å². The zero-order valence-corrected chi connectivity index (χ0v) is 14.9. The second kappa shape index (κ2) is 7.88. The minimum atomic E-state index is -0.653. The molecule has 0 atom stereocenters. The fraction of sp³-hybridized carbons (Fsp3) is 0.167. The summed E-state index contributed by atoms with van der Waals surface area (Å²) in [6, 6.07) is 12.7. The maximum atomic E-state index is 12.1. The van der Waals surface area contributed by atoms with Gasteiger partial charge in [0.25, 0.3) is 0 Å². The molecule has 0 aliphatic carbocycles. The minimum absolute atomic E-state index is 0.0110. The first kappa shape index (κ1) is 17.8. The summed E-state index contributed by atoms with van der Waals surface area (Å²) in [6.07, 6.45) is -0.653. The van der Waals surface area contributed by atoms with Crippen LogP contribution in [0.3, 0.4) is 0 Å². The summed E-state index contributed by atoms with van der Waals surface area (Å²) in [5, 5.41) is 3.13. The third-order valence-corrected chi connectivity index (χ3v) is 3.78. The summed E-state index contributed by atoms with van der Waals surface area (Å²) in [6.45, 7) is 0.139. The van der Waals surface area contributed by atoms with Crippen molar-refractivity contribution in [1.29, 1.82) is 0 Å². The zero-order chi connectivity index (χ0) is 18.5. The van der Waals surface area contributed by atoms with Gasteiger partial charge < -0.3 is 14.2 Å². The third-order valence-electron chi connectivity index (χ3n) is 3.61. The molecule has 0 saturated carbocycles. The van der Waals surface area contributed by atoms with Gasteiger partial charge in [-0.15, -0.1) is 0 Å². The van der Waals surface area contributed by atoms with Crippen LogP contribution in [0.15, 0.2) is 42.5 Å². The van der Waals surface area contributed by atoms with E-state index in [0.717, 1.165) is 5.56 Å². The number of amides is 1. The Kier molecular flexibility index (Phi) is 5.38. The molecule has 0 unspecified atom stereocenters. The first-order valence-electron chi connectivity index (χ1n) is 7.67. The van der Waals surface area contributed by atoms with E-state index in [1.165, 1.54) is 14.2 Å². The molecule has 0 aliphatic rings. The molecule has 3 aromatic rings. The molecule has 8 heteroatoms. The number of fused-ring (bicyclic) bond motifs is 1. The highest BCUT2D eigenvalue weighted by Gasteiger charge is 2.15. The molecule has 7 nitrogen and oxygen atoms in total. The van der Waals surface area contributed by atoms with Crippen LogP contribution in [0.2, 0.25) is 5.28 Å². The summed E-state index contributed by atoms with van der Waals surface area (Å²) in [7, 11) is 3.04. The number of hydrogen-bond acceptors (Lipinski definition) is 6. The van der Waals surface area contributed by atoms with E-state index in [2.05, 4.69) is 15.3 Å². The number of nitrogens with one attached hydrogen (secondary N) is 1. The first-order chi connectivity index (χ1) is 12.6. The lowest BCUT2D eigenvalue weighted by Gasteiger charge is -2.12. The van der Waals surface area contributed by atoms with Crippen LogP contribution in [0, 0.1) is 0 Å². The van der Waals surface area contributed by atoms with Crippen molar-refractivity contribution < 1.29 is 19.0 Å². The van der Waals surface area contributed by atoms with Crippen molar-refractivity contribution in [2.75, 3.05) is 19.5 Å². The molecule has 3 rings (SSSR count). The Morgan fingerprint density at radius 1 is 1.08 bits per heavy atom.